The van der Waals surface area contributed by atoms with Crippen LogP contribution < -0.4 is 22.1 Å². The van der Waals surface area contributed by atoms with Crippen molar-refractivity contribution in [3.05, 3.63) is 0 Å². The Bertz CT molecular complexity index is 848. The first kappa shape index (κ1) is 29.3. The number of amides is 4. The van der Waals surface area contributed by atoms with Crippen molar-refractivity contribution in [2.45, 2.75) is 75.5 Å². The van der Waals surface area contributed by atoms with Crippen molar-refractivity contribution in [3.63, 3.8) is 0 Å². The monoisotopic (exact) mass is 501 g/mol. The number of carbonyl (C=O) groups excluding carboxylic acids is 4. The van der Waals surface area contributed by atoms with Crippen LogP contribution in [0, 0.1) is 0 Å². The molecule has 1 rings (SSSR count). The predicted octanol–water partition coefficient (Wildman–Crippen LogP) is -2.65. The van der Waals surface area contributed by atoms with Crippen molar-refractivity contribution in [2.75, 3.05) is 6.54 Å². The lowest BCUT2D eigenvalue weighted by atomic mass is 10.1. The first-order valence-corrected chi connectivity index (χ1v) is 10.9. The second-order valence-corrected chi connectivity index (χ2v) is 8.13. The van der Waals surface area contributed by atoms with Crippen LogP contribution in [0.25, 0.3) is 0 Å². The molecule has 1 aliphatic rings. The molecule has 15 heteroatoms. The van der Waals surface area contributed by atoms with Gasteiger partial charge in [0.15, 0.2) is 0 Å². The summed E-state index contributed by atoms with van der Waals surface area (Å²) in [6, 6.07) is -5.11. The van der Waals surface area contributed by atoms with E-state index in [4.69, 9.17) is 21.7 Å². The third-order valence-electron chi connectivity index (χ3n) is 5.40. The molecule has 0 spiro atoms. The first-order valence-electron chi connectivity index (χ1n) is 10.9. The van der Waals surface area contributed by atoms with Crippen LogP contribution in [0.5, 0.6) is 0 Å². The van der Waals surface area contributed by atoms with Gasteiger partial charge in [-0.25, -0.2) is 4.79 Å². The van der Waals surface area contributed by atoms with E-state index in [-0.39, 0.29) is 38.6 Å². The predicted molar refractivity (Wildman–Crippen MR) is 116 cm³/mol. The third-order valence-corrected chi connectivity index (χ3v) is 5.40. The highest BCUT2D eigenvalue weighted by Gasteiger charge is 2.39. The minimum atomic E-state index is -1.48. The van der Waals surface area contributed by atoms with Gasteiger partial charge in [0.1, 0.15) is 18.1 Å². The Balaban J connectivity index is 2.95. The standard InChI is InChI=1S/C20H31N5O10/c21-10(3-6-14(22)26)17(31)23-11(4-7-15(27)28)19(33)25-9-1-2-13(25)18(32)24-12(20(34)35)5-8-16(29)30/h10-13H,1-9,21H2,(H2,22,26)(H,23,31)(H,24,32)(H,27,28)(H,29,30)(H,34,35). The second kappa shape index (κ2) is 13.8. The molecule has 1 saturated heterocycles. The van der Waals surface area contributed by atoms with Crippen LogP contribution in [0.1, 0.15) is 51.4 Å². The fraction of sp³-hybridized carbons (Fsp3) is 0.650. The minimum absolute atomic E-state index is 0.0942. The summed E-state index contributed by atoms with van der Waals surface area (Å²) in [6.07, 6.45) is -1.35. The van der Waals surface area contributed by atoms with E-state index >= 15 is 0 Å². The van der Waals surface area contributed by atoms with Gasteiger partial charge >= 0.3 is 17.9 Å². The summed E-state index contributed by atoms with van der Waals surface area (Å²) in [7, 11) is 0. The van der Waals surface area contributed by atoms with E-state index in [0.29, 0.717) is 6.42 Å². The lowest BCUT2D eigenvalue weighted by Gasteiger charge is -2.29. The number of primary amides is 1. The number of carboxylic acid groups (broad SMARTS) is 3. The molecule has 1 heterocycles. The molecule has 0 aromatic carbocycles. The summed E-state index contributed by atoms with van der Waals surface area (Å²) < 4.78 is 0. The van der Waals surface area contributed by atoms with Gasteiger partial charge in [0.2, 0.25) is 23.6 Å². The topological polar surface area (TPSA) is 260 Å². The van der Waals surface area contributed by atoms with Crippen molar-refractivity contribution < 1.29 is 48.9 Å². The van der Waals surface area contributed by atoms with E-state index in [9.17, 15) is 38.7 Å². The number of carbonyl (C=O) groups is 7. The summed E-state index contributed by atoms with van der Waals surface area (Å²) in [5.41, 5.74) is 10.7. The number of carboxylic acids is 3. The van der Waals surface area contributed by atoms with Crippen molar-refractivity contribution >= 4 is 41.5 Å². The molecule has 4 unspecified atom stereocenters. The van der Waals surface area contributed by atoms with Gasteiger partial charge in [-0.05, 0) is 32.1 Å². The third kappa shape index (κ3) is 9.95. The van der Waals surface area contributed by atoms with Crippen LogP contribution in [0.3, 0.4) is 0 Å². The van der Waals surface area contributed by atoms with Gasteiger partial charge in [-0.1, -0.05) is 0 Å². The average Bonchev–Trinajstić information content (AvgIpc) is 3.26. The van der Waals surface area contributed by atoms with Crippen LogP contribution in [-0.4, -0.2) is 92.5 Å². The summed E-state index contributed by atoms with van der Waals surface area (Å²) in [6.45, 7) is 0.0942. The zero-order chi connectivity index (χ0) is 26.7. The van der Waals surface area contributed by atoms with Crippen LogP contribution in [-0.2, 0) is 33.6 Å². The van der Waals surface area contributed by atoms with Crippen molar-refractivity contribution in [1.82, 2.24) is 15.5 Å². The Hall–Kier alpha value is -3.75. The highest BCUT2D eigenvalue weighted by Crippen LogP contribution is 2.20. The quantitative estimate of drug-likeness (QED) is 0.122. The Labute approximate surface area is 200 Å². The Morgan fingerprint density at radius 3 is 1.94 bits per heavy atom. The highest BCUT2D eigenvalue weighted by molar-refractivity contribution is 5.94. The molecule has 4 amide bonds. The molecule has 0 radical (unpaired) electrons. The number of hydrogen-bond acceptors (Lipinski definition) is 8. The number of nitrogens with one attached hydrogen (secondary N) is 2. The number of nitrogens with zero attached hydrogens (tertiary/aromatic N) is 1. The number of likely N-dealkylation sites (tertiary alicyclic amines) is 1. The van der Waals surface area contributed by atoms with Crippen LogP contribution >= 0.6 is 0 Å². The van der Waals surface area contributed by atoms with Crippen LogP contribution in [0.15, 0.2) is 0 Å². The summed E-state index contributed by atoms with van der Waals surface area (Å²) in [5.74, 6) is -6.96. The van der Waals surface area contributed by atoms with Crippen LogP contribution in [0.4, 0.5) is 0 Å². The molecule has 35 heavy (non-hydrogen) atoms. The largest absolute Gasteiger partial charge is 0.481 e. The van der Waals surface area contributed by atoms with Gasteiger partial charge in [0, 0.05) is 25.8 Å². The Morgan fingerprint density at radius 2 is 1.43 bits per heavy atom. The van der Waals surface area contributed by atoms with E-state index in [0.717, 1.165) is 4.90 Å². The van der Waals surface area contributed by atoms with Gasteiger partial charge in [-0.2, -0.15) is 0 Å². The molecular weight excluding hydrogens is 470 g/mol. The van der Waals surface area contributed by atoms with Gasteiger partial charge in [0.05, 0.1) is 6.04 Å². The van der Waals surface area contributed by atoms with Crippen LogP contribution in [0.2, 0.25) is 0 Å². The average molecular weight is 501 g/mol. The van der Waals surface area contributed by atoms with Crippen molar-refractivity contribution in [2.24, 2.45) is 11.5 Å². The fourth-order valence-corrected chi connectivity index (χ4v) is 3.53. The van der Waals surface area contributed by atoms with Gasteiger partial charge in [0.25, 0.3) is 0 Å². The molecule has 4 atom stereocenters. The van der Waals surface area contributed by atoms with E-state index in [1.165, 1.54) is 0 Å². The molecule has 0 aromatic rings. The zero-order valence-corrected chi connectivity index (χ0v) is 19.0. The van der Waals surface area contributed by atoms with Gasteiger partial charge in [-0.3, -0.25) is 28.8 Å². The molecule has 15 nitrogen and oxygen atoms in total. The molecule has 0 saturated carbocycles. The molecular formula is C20H31N5O10. The maximum atomic E-state index is 13.2. The number of aliphatic carboxylic acids is 3. The van der Waals surface area contributed by atoms with Crippen molar-refractivity contribution in [3.8, 4) is 0 Å². The number of nitrogens with two attached hydrogens (primary N) is 2. The fourth-order valence-electron chi connectivity index (χ4n) is 3.53. The first-order chi connectivity index (χ1) is 16.3. The minimum Gasteiger partial charge on any atom is -0.481 e. The molecule has 9 N–H and O–H groups in total. The summed E-state index contributed by atoms with van der Waals surface area (Å²) in [4.78, 5) is 83.5. The highest BCUT2D eigenvalue weighted by atomic mass is 16.4. The SMILES string of the molecule is NC(=O)CCC(N)C(=O)NC(CCC(=O)O)C(=O)N1CCCC1C(=O)NC(CCC(=O)O)C(=O)O. The lowest BCUT2D eigenvalue weighted by molar-refractivity contribution is -0.145. The number of rotatable bonds is 15. The maximum Gasteiger partial charge on any atom is 0.326 e. The zero-order valence-electron chi connectivity index (χ0n) is 19.0. The molecule has 0 bridgehead atoms. The van der Waals surface area contributed by atoms with E-state index in [1.54, 1.807) is 0 Å². The van der Waals surface area contributed by atoms with E-state index < -0.39 is 78.5 Å². The Morgan fingerprint density at radius 1 is 0.857 bits per heavy atom. The molecule has 196 valence electrons. The molecule has 1 fully saturated rings. The molecule has 1 aliphatic heterocycles. The smallest absolute Gasteiger partial charge is 0.326 e. The van der Waals surface area contributed by atoms with Gasteiger partial charge < -0.3 is 42.3 Å². The van der Waals surface area contributed by atoms with Gasteiger partial charge in [-0.15, -0.1) is 0 Å². The van der Waals surface area contributed by atoms with E-state index in [2.05, 4.69) is 10.6 Å². The summed E-state index contributed by atoms with van der Waals surface area (Å²) in [5, 5.41) is 31.6. The van der Waals surface area contributed by atoms with E-state index in [1.807, 2.05) is 0 Å². The van der Waals surface area contributed by atoms with Crippen molar-refractivity contribution in [1.29, 1.82) is 0 Å². The molecule has 0 aromatic heterocycles. The summed E-state index contributed by atoms with van der Waals surface area (Å²) >= 11 is 0. The Kier molecular flexibility index (Phi) is 11.6. The lowest BCUT2D eigenvalue weighted by Crippen LogP contribution is -2.56. The molecule has 0 aliphatic carbocycles. The number of hydrogen-bond donors (Lipinski definition) is 7. The normalized spacial score (nSPS) is 17.6. The maximum absolute atomic E-state index is 13.2. The second-order valence-electron chi connectivity index (χ2n) is 8.13.